The first-order valence-corrected chi connectivity index (χ1v) is 5.77. The van der Waals surface area contributed by atoms with Crippen LogP contribution in [0.4, 0.5) is 0 Å². The number of rotatable bonds is 5. The van der Waals surface area contributed by atoms with Gasteiger partial charge in [-0.25, -0.2) is 0 Å². The van der Waals surface area contributed by atoms with Crippen LogP contribution in [0.3, 0.4) is 0 Å². The summed E-state index contributed by atoms with van der Waals surface area (Å²) >= 11 is 1.57. The first-order chi connectivity index (χ1) is 4.72. The van der Waals surface area contributed by atoms with E-state index in [0.29, 0.717) is 6.42 Å². The molecule has 0 aromatic carbocycles. The van der Waals surface area contributed by atoms with Gasteiger partial charge in [-0.3, -0.25) is 9.88 Å². The lowest BCUT2D eigenvalue weighted by Gasteiger charge is -2.08. The van der Waals surface area contributed by atoms with Crippen molar-refractivity contribution >= 4 is 35.2 Å². The van der Waals surface area contributed by atoms with E-state index >= 15 is 0 Å². The van der Waals surface area contributed by atoms with Crippen molar-refractivity contribution in [3.8, 4) is 0 Å². The summed E-state index contributed by atoms with van der Waals surface area (Å²) in [7, 11) is 4.70. The van der Waals surface area contributed by atoms with Crippen LogP contribution in [-0.4, -0.2) is 22.9 Å². The molecule has 0 radical (unpaired) electrons. The van der Waals surface area contributed by atoms with Crippen molar-refractivity contribution in [3.05, 3.63) is 0 Å². The van der Waals surface area contributed by atoms with Crippen molar-refractivity contribution in [2.45, 2.75) is 12.5 Å². The molecule has 60 valence electrons. The summed E-state index contributed by atoms with van der Waals surface area (Å²) in [6.07, 6.45) is 0.646. The molecule has 0 rings (SSSR count). The second-order valence-electron chi connectivity index (χ2n) is 1.72. The third kappa shape index (κ3) is 4.45. The molecule has 0 saturated heterocycles. The first kappa shape index (κ1) is 10.6. The van der Waals surface area contributed by atoms with E-state index in [0.717, 1.165) is 5.75 Å². The number of hydrogen-bond acceptors (Lipinski definition) is 3. The second kappa shape index (κ2) is 6.36. The zero-order chi connectivity index (χ0) is 7.98. The molecule has 0 aromatic heterocycles. The molecule has 0 aromatic rings. The Hall–Kier alpha value is 0.640. The van der Waals surface area contributed by atoms with E-state index in [1.807, 2.05) is 0 Å². The van der Waals surface area contributed by atoms with Gasteiger partial charge in [0.05, 0.1) is 0 Å². The molecule has 0 saturated carbocycles. The fourth-order valence-electron chi connectivity index (χ4n) is 0.464. The summed E-state index contributed by atoms with van der Waals surface area (Å²) < 4.78 is 0. The number of aliphatic carboxylic acids is 1. The molecule has 10 heavy (non-hydrogen) atoms. The number of nitrogens with one attached hydrogen (secondary N) is 1. The molecule has 0 spiro atoms. The fraction of sp³-hybridized carbons (Fsp3) is 0.750. The maximum absolute atomic E-state index is 10.3. The van der Waals surface area contributed by atoms with Crippen molar-refractivity contribution in [2.24, 2.45) is 0 Å². The Balaban J connectivity index is 3.50. The van der Waals surface area contributed by atoms with Crippen molar-refractivity contribution in [2.75, 3.05) is 5.75 Å². The average molecular weight is 199 g/mol. The largest absolute Gasteiger partial charge is 0.480 e. The minimum Gasteiger partial charge on any atom is -0.480 e. The highest BCUT2D eigenvalue weighted by molar-refractivity contribution is 8.43. The maximum Gasteiger partial charge on any atom is 0.320 e. The zero-order valence-corrected chi connectivity index (χ0v) is 8.54. The average Bonchev–Trinajstić information content (AvgIpc) is 1.89. The van der Waals surface area contributed by atoms with Gasteiger partial charge >= 0.3 is 5.97 Å². The van der Waals surface area contributed by atoms with E-state index in [1.165, 1.54) is 0 Å². The predicted molar refractivity (Wildman–Crippen MR) is 51.1 cm³/mol. The van der Waals surface area contributed by atoms with Crippen LogP contribution in [0.2, 0.25) is 0 Å². The van der Waals surface area contributed by atoms with Gasteiger partial charge in [0.25, 0.3) is 0 Å². The van der Waals surface area contributed by atoms with Gasteiger partial charge in [-0.1, -0.05) is 17.8 Å². The molecule has 0 amide bonds. The topological polar surface area (TPSA) is 49.3 Å². The zero-order valence-electron chi connectivity index (χ0n) is 5.41. The highest BCUT2D eigenvalue weighted by Crippen LogP contribution is 2.12. The van der Waals surface area contributed by atoms with Gasteiger partial charge < -0.3 is 5.11 Å². The lowest BCUT2D eigenvalue weighted by Crippen LogP contribution is -2.30. The van der Waals surface area contributed by atoms with Crippen LogP contribution in [0.5, 0.6) is 0 Å². The SMILES string of the molecule is O=C(O)C(CCSP)NP. The van der Waals surface area contributed by atoms with E-state index in [4.69, 9.17) is 5.11 Å². The third-order valence-corrected chi connectivity index (χ3v) is 2.60. The van der Waals surface area contributed by atoms with Gasteiger partial charge in [0.2, 0.25) is 0 Å². The van der Waals surface area contributed by atoms with E-state index in [-0.39, 0.29) is 0 Å². The molecule has 3 nitrogen and oxygen atoms in total. The van der Waals surface area contributed by atoms with Crippen LogP contribution < -0.4 is 5.09 Å². The van der Waals surface area contributed by atoms with E-state index < -0.39 is 12.0 Å². The van der Waals surface area contributed by atoms with Crippen molar-refractivity contribution < 1.29 is 9.90 Å². The highest BCUT2D eigenvalue weighted by Gasteiger charge is 2.12. The van der Waals surface area contributed by atoms with Crippen molar-refractivity contribution in [3.63, 3.8) is 0 Å². The quantitative estimate of drug-likeness (QED) is 0.641. The minimum absolute atomic E-state index is 0.432. The van der Waals surface area contributed by atoms with Gasteiger partial charge in [-0.05, 0) is 12.2 Å². The number of carboxylic acids is 1. The third-order valence-electron chi connectivity index (χ3n) is 1.02. The summed E-state index contributed by atoms with van der Waals surface area (Å²) in [4.78, 5) is 10.3. The van der Waals surface area contributed by atoms with E-state index in [1.54, 1.807) is 11.4 Å². The monoisotopic (exact) mass is 199 g/mol. The van der Waals surface area contributed by atoms with E-state index in [9.17, 15) is 4.79 Å². The second-order valence-corrected chi connectivity index (χ2v) is 3.79. The molecular formula is C4H11NO2P2S. The summed E-state index contributed by atoms with van der Waals surface area (Å²) in [5.74, 6) is 0.0392. The fourth-order valence-corrected chi connectivity index (χ4v) is 1.55. The lowest BCUT2D eigenvalue weighted by molar-refractivity contribution is -0.138. The molecule has 3 atom stereocenters. The van der Waals surface area contributed by atoms with Gasteiger partial charge in [0.15, 0.2) is 0 Å². The molecule has 3 unspecified atom stereocenters. The van der Waals surface area contributed by atoms with Gasteiger partial charge in [0, 0.05) is 0 Å². The Morgan fingerprint density at radius 3 is 2.70 bits per heavy atom. The number of carboxylic acid groups (broad SMARTS) is 1. The maximum atomic E-state index is 10.3. The number of carbonyl (C=O) groups is 1. The molecule has 0 bridgehead atoms. The molecular weight excluding hydrogens is 188 g/mol. The van der Waals surface area contributed by atoms with Crippen molar-refractivity contribution in [1.29, 1.82) is 0 Å². The molecule has 0 aliphatic rings. The number of hydrogen-bond donors (Lipinski definition) is 2. The molecule has 2 N–H and O–H groups in total. The first-order valence-electron chi connectivity index (χ1n) is 2.73. The van der Waals surface area contributed by atoms with Gasteiger partial charge in [0.1, 0.15) is 6.04 Å². The molecule has 6 heteroatoms. The van der Waals surface area contributed by atoms with Crippen LogP contribution in [0.1, 0.15) is 6.42 Å². The van der Waals surface area contributed by atoms with Crippen LogP contribution in [0.25, 0.3) is 0 Å². The molecule has 0 fully saturated rings. The van der Waals surface area contributed by atoms with Crippen molar-refractivity contribution in [1.82, 2.24) is 5.09 Å². The summed E-state index contributed by atoms with van der Waals surface area (Å²) in [5, 5.41) is 11.1. The van der Waals surface area contributed by atoms with Crippen LogP contribution in [0.15, 0.2) is 0 Å². The Labute approximate surface area is 68.9 Å². The van der Waals surface area contributed by atoms with Crippen LogP contribution in [-0.2, 0) is 4.79 Å². The predicted octanol–water partition coefficient (Wildman–Crippen LogP) is 0.733. The summed E-state index contributed by atoms with van der Waals surface area (Å²) in [6, 6.07) is -0.432. The lowest BCUT2D eigenvalue weighted by atomic mass is 10.2. The normalized spacial score (nSPS) is 13.0. The molecule has 0 aliphatic heterocycles. The minimum atomic E-state index is -0.797. The van der Waals surface area contributed by atoms with Gasteiger partial charge in [-0.15, -0.1) is 11.4 Å². The van der Waals surface area contributed by atoms with Crippen LogP contribution >= 0.6 is 29.2 Å². The summed E-state index contributed by atoms with van der Waals surface area (Å²) in [6.45, 7) is 0. The molecule has 0 heterocycles. The van der Waals surface area contributed by atoms with Crippen LogP contribution in [0, 0.1) is 0 Å². The standard InChI is InChI=1S/C4H11NO2P2S/c6-4(7)3(5-8)1-2-10-9/h3,5H,1-2,8-9H2,(H,6,7). The Kier molecular flexibility index (Phi) is 6.76. The Bertz CT molecular complexity index is 113. The molecule has 0 aliphatic carbocycles. The summed E-state index contributed by atoms with van der Waals surface area (Å²) in [5.41, 5.74) is 0. The van der Waals surface area contributed by atoms with E-state index in [2.05, 4.69) is 22.9 Å². The Morgan fingerprint density at radius 1 is 1.80 bits per heavy atom. The Morgan fingerprint density at radius 2 is 2.40 bits per heavy atom. The smallest absolute Gasteiger partial charge is 0.320 e. The van der Waals surface area contributed by atoms with Gasteiger partial charge in [-0.2, -0.15) is 0 Å². The highest BCUT2D eigenvalue weighted by atomic mass is 32.7.